The van der Waals surface area contributed by atoms with E-state index in [0.717, 1.165) is 5.56 Å². The Morgan fingerprint density at radius 3 is 2.52 bits per heavy atom. The number of phenols is 1. The van der Waals surface area contributed by atoms with E-state index in [9.17, 15) is 25.2 Å². The highest BCUT2D eigenvalue weighted by Gasteiger charge is 2.49. The fourth-order valence-electron chi connectivity index (χ4n) is 2.53. The topological polar surface area (TPSA) is 127 Å². The first-order valence-electron chi connectivity index (χ1n) is 7.21. The molecule has 1 aliphatic carbocycles. The second-order valence-corrected chi connectivity index (χ2v) is 5.67. The fourth-order valence-corrected chi connectivity index (χ4v) is 2.53. The van der Waals surface area contributed by atoms with Gasteiger partial charge in [-0.1, -0.05) is 24.3 Å². The Balaban J connectivity index is 1.93. The van der Waals surface area contributed by atoms with Crippen molar-refractivity contribution in [3.8, 4) is 5.75 Å². The lowest BCUT2D eigenvalue weighted by molar-refractivity contribution is -0.192. The second-order valence-electron chi connectivity index (χ2n) is 5.67. The van der Waals surface area contributed by atoms with Crippen LogP contribution in [-0.2, 0) is 9.53 Å². The third-order valence-corrected chi connectivity index (χ3v) is 3.87. The van der Waals surface area contributed by atoms with Crippen molar-refractivity contribution in [1.29, 1.82) is 0 Å². The highest BCUT2D eigenvalue weighted by Crippen LogP contribution is 2.31. The molecular formula is C16H20O7. The summed E-state index contributed by atoms with van der Waals surface area (Å²) in [4.78, 5) is 11.1. The molecule has 7 heteroatoms. The van der Waals surface area contributed by atoms with Crippen molar-refractivity contribution in [3.63, 3.8) is 0 Å². The SMILES string of the molecule is O=C(O)[C@]1(O)C[C@@H](O)[C@@H](O)[C@H](OC/C=C/c2ccc(O)cc2)C1. The van der Waals surface area contributed by atoms with Crippen LogP contribution in [0.3, 0.4) is 0 Å². The molecule has 0 aromatic heterocycles. The molecule has 2 rings (SSSR count). The molecule has 1 aromatic rings. The number of ether oxygens (including phenoxy) is 1. The smallest absolute Gasteiger partial charge is 0.335 e. The molecule has 1 aromatic carbocycles. The Morgan fingerprint density at radius 1 is 1.26 bits per heavy atom. The first kappa shape index (κ1) is 17.4. The van der Waals surface area contributed by atoms with Gasteiger partial charge in [-0.3, -0.25) is 0 Å². The summed E-state index contributed by atoms with van der Waals surface area (Å²) < 4.78 is 5.39. The van der Waals surface area contributed by atoms with E-state index < -0.39 is 36.3 Å². The lowest BCUT2D eigenvalue weighted by Crippen LogP contribution is -2.56. The minimum Gasteiger partial charge on any atom is -0.508 e. The van der Waals surface area contributed by atoms with Crippen LogP contribution in [0.15, 0.2) is 30.3 Å². The zero-order valence-electron chi connectivity index (χ0n) is 12.4. The molecule has 0 spiro atoms. The van der Waals surface area contributed by atoms with Crippen LogP contribution in [0, 0.1) is 0 Å². The van der Waals surface area contributed by atoms with Gasteiger partial charge in [0.2, 0.25) is 0 Å². The van der Waals surface area contributed by atoms with E-state index >= 15 is 0 Å². The first-order valence-corrected chi connectivity index (χ1v) is 7.21. The zero-order valence-corrected chi connectivity index (χ0v) is 12.4. The zero-order chi connectivity index (χ0) is 17.0. The number of aromatic hydroxyl groups is 1. The van der Waals surface area contributed by atoms with Crippen molar-refractivity contribution in [3.05, 3.63) is 35.9 Å². The van der Waals surface area contributed by atoms with E-state index in [1.165, 1.54) is 12.1 Å². The number of aliphatic hydroxyl groups is 3. The van der Waals surface area contributed by atoms with Crippen LogP contribution in [0.5, 0.6) is 5.75 Å². The molecule has 23 heavy (non-hydrogen) atoms. The number of benzene rings is 1. The van der Waals surface area contributed by atoms with Crippen molar-refractivity contribution in [1.82, 2.24) is 0 Å². The summed E-state index contributed by atoms with van der Waals surface area (Å²) in [6, 6.07) is 6.48. The minimum absolute atomic E-state index is 0.0744. The largest absolute Gasteiger partial charge is 0.508 e. The maximum atomic E-state index is 11.1. The van der Waals surface area contributed by atoms with Gasteiger partial charge in [-0.05, 0) is 17.7 Å². The van der Waals surface area contributed by atoms with E-state index in [4.69, 9.17) is 9.84 Å². The van der Waals surface area contributed by atoms with Crippen LogP contribution in [0.4, 0.5) is 0 Å². The Bertz CT molecular complexity index is 568. The van der Waals surface area contributed by atoms with Gasteiger partial charge in [-0.15, -0.1) is 0 Å². The summed E-state index contributed by atoms with van der Waals surface area (Å²) in [7, 11) is 0. The maximum absolute atomic E-state index is 11.1. The van der Waals surface area contributed by atoms with E-state index in [-0.39, 0.29) is 18.8 Å². The number of phenolic OH excluding ortho intramolecular Hbond substituents is 1. The number of rotatable bonds is 5. The van der Waals surface area contributed by atoms with Gasteiger partial charge in [0.25, 0.3) is 0 Å². The number of carboxylic acids is 1. The van der Waals surface area contributed by atoms with Crippen molar-refractivity contribution >= 4 is 12.0 Å². The lowest BCUT2D eigenvalue weighted by Gasteiger charge is -2.39. The Labute approximate surface area is 133 Å². The van der Waals surface area contributed by atoms with Crippen LogP contribution in [0.25, 0.3) is 6.08 Å². The fraction of sp³-hybridized carbons (Fsp3) is 0.438. The quantitative estimate of drug-likeness (QED) is 0.520. The van der Waals surface area contributed by atoms with Crippen LogP contribution in [0.2, 0.25) is 0 Å². The van der Waals surface area contributed by atoms with Crippen LogP contribution in [0.1, 0.15) is 18.4 Å². The molecule has 1 saturated carbocycles. The first-order chi connectivity index (χ1) is 10.8. The van der Waals surface area contributed by atoms with E-state index in [1.807, 2.05) is 0 Å². The summed E-state index contributed by atoms with van der Waals surface area (Å²) in [6.45, 7) is 0.0744. The molecule has 7 nitrogen and oxygen atoms in total. The molecule has 1 fully saturated rings. The molecule has 4 atom stereocenters. The van der Waals surface area contributed by atoms with Crippen molar-refractivity contribution in [2.75, 3.05) is 6.61 Å². The maximum Gasteiger partial charge on any atom is 0.335 e. The number of carbonyl (C=O) groups is 1. The third-order valence-electron chi connectivity index (χ3n) is 3.87. The van der Waals surface area contributed by atoms with E-state index in [1.54, 1.807) is 24.3 Å². The van der Waals surface area contributed by atoms with Crippen molar-refractivity contribution in [2.24, 2.45) is 0 Å². The van der Waals surface area contributed by atoms with Gasteiger partial charge in [0.05, 0.1) is 18.8 Å². The van der Waals surface area contributed by atoms with E-state index in [2.05, 4.69) is 0 Å². The highest BCUT2D eigenvalue weighted by molar-refractivity contribution is 5.77. The van der Waals surface area contributed by atoms with Gasteiger partial charge in [0.15, 0.2) is 5.60 Å². The predicted octanol–water partition coefficient (Wildman–Crippen LogP) is 0.122. The van der Waals surface area contributed by atoms with Gasteiger partial charge < -0.3 is 30.3 Å². The normalized spacial score (nSPS) is 31.3. The van der Waals surface area contributed by atoms with Gasteiger partial charge >= 0.3 is 5.97 Å². The third kappa shape index (κ3) is 4.29. The lowest BCUT2D eigenvalue weighted by atomic mass is 9.79. The van der Waals surface area contributed by atoms with Crippen LogP contribution >= 0.6 is 0 Å². The molecule has 0 bridgehead atoms. The van der Waals surface area contributed by atoms with E-state index in [0.29, 0.717) is 0 Å². The van der Waals surface area contributed by atoms with Gasteiger partial charge in [-0.25, -0.2) is 4.79 Å². The standard InChI is InChI=1S/C16H20O7/c17-11-5-3-10(4-6-11)2-1-7-23-13-9-16(22,15(20)21)8-12(18)14(13)19/h1-6,12-14,17-19,22H,7-9H2,(H,20,21)/b2-1+/t12-,13-,14-,16+/m1/s1. The number of carboxylic acid groups (broad SMARTS) is 1. The second kappa shape index (κ2) is 7.10. The number of aliphatic hydroxyl groups excluding tert-OH is 2. The molecule has 1 aliphatic rings. The molecule has 0 aliphatic heterocycles. The van der Waals surface area contributed by atoms with Gasteiger partial charge in [0, 0.05) is 12.8 Å². The van der Waals surface area contributed by atoms with Crippen molar-refractivity contribution in [2.45, 2.75) is 36.8 Å². The van der Waals surface area contributed by atoms with Gasteiger partial charge in [0.1, 0.15) is 11.9 Å². The average molecular weight is 324 g/mol. The summed E-state index contributed by atoms with van der Waals surface area (Å²) in [5.41, 5.74) is -1.28. The summed E-state index contributed by atoms with van der Waals surface area (Å²) in [5, 5.41) is 47.7. The predicted molar refractivity (Wildman–Crippen MR) is 80.7 cm³/mol. The molecule has 0 heterocycles. The number of hydrogen-bond donors (Lipinski definition) is 5. The Hall–Kier alpha value is -1.93. The average Bonchev–Trinajstić information content (AvgIpc) is 2.50. The van der Waals surface area contributed by atoms with Crippen LogP contribution in [-0.4, -0.2) is 62.0 Å². The molecule has 0 unspecified atom stereocenters. The summed E-state index contributed by atoms with van der Waals surface area (Å²) >= 11 is 0. The highest BCUT2D eigenvalue weighted by atomic mass is 16.5. The molecule has 0 amide bonds. The number of hydrogen-bond acceptors (Lipinski definition) is 6. The summed E-state index contributed by atoms with van der Waals surface area (Å²) in [5.74, 6) is -1.29. The monoisotopic (exact) mass is 324 g/mol. The Morgan fingerprint density at radius 2 is 1.91 bits per heavy atom. The molecule has 0 saturated heterocycles. The minimum atomic E-state index is -2.11. The molecule has 5 N–H and O–H groups in total. The Kier molecular flexibility index (Phi) is 5.38. The molecule has 0 radical (unpaired) electrons. The molecule has 126 valence electrons. The van der Waals surface area contributed by atoms with Crippen LogP contribution < -0.4 is 0 Å². The summed E-state index contributed by atoms with van der Waals surface area (Å²) in [6.07, 6.45) is -0.953. The van der Waals surface area contributed by atoms with Crippen molar-refractivity contribution < 1.29 is 35.1 Å². The van der Waals surface area contributed by atoms with Gasteiger partial charge in [-0.2, -0.15) is 0 Å². The molecular weight excluding hydrogens is 304 g/mol. The number of aliphatic carboxylic acids is 1.